The summed E-state index contributed by atoms with van der Waals surface area (Å²) < 4.78 is 13.8. The van der Waals surface area contributed by atoms with Crippen LogP contribution in [0.3, 0.4) is 0 Å². The summed E-state index contributed by atoms with van der Waals surface area (Å²) in [6, 6.07) is 3.93. The molecule has 0 N–H and O–H groups in total. The van der Waals surface area contributed by atoms with Gasteiger partial charge in [0, 0.05) is 26.2 Å². The van der Waals surface area contributed by atoms with Crippen LogP contribution < -0.4 is 4.90 Å². The largest absolute Gasteiger partial charge is 0.360 e. The highest BCUT2D eigenvalue weighted by Gasteiger charge is 2.34. The summed E-state index contributed by atoms with van der Waals surface area (Å²) in [5, 5.41) is 0. The molecule has 96 valence electrons. The topological polar surface area (TPSA) is 40.6 Å². The molecule has 0 aliphatic carbocycles. The molecule has 1 amide bonds. The Morgan fingerprint density at radius 1 is 1.50 bits per heavy atom. The van der Waals surface area contributed by atoms with Crippen LogP contribution in [0, 0.1) is 5.82 Å². The van der Waals surface area contributed by atoms with Crippen molar-refractivity contribution in [1.29, 1.82) is 0 Å². The summed E-state index contributed by atoms with van der Waals surface area (Å²) >= 11 is 0. The molecule has 4 nitrogen and oxygen atoms in total. The van der Waals surface area contributed by atoms with Crippen molar-refractivity contribution in [3.05, 3.63) is 29.6 Å². The molecule has 0 bridgehead atoms. The van der Waals surface area contributed by atoms with Crippen molar-refractivity contribution < 1.29 is 14.0 Å². The number of hydrogen-bond donors (Lipinski definition) is 0. The summed E-state index contributed by atoms with van der Waals surface area (Å²) in [4.78, 5) is 26.0. The third-order valence-corrected chi connectivity index (χ3v) is 3.36. The Labute approximate surface area is 105 Å². The van der Waals surface area contributed by atoms with Crippen molar-refractivity contribution in [2.75, 3.05) is 25.5 Å². The van der Waals surface area contributed by atoms with Gasteiger partial charge in [-0.3, -0.25) is 9.59 Å². The van der Waals surface area contributed by atoms with Crippen molar-refractivity contribution in [2.24, 2.45) is 0 Å². The standard InChI is InChI=1S/C13H15FN2O2/c1-15-7-6-11(13(15)18)16(2)12-9(8-17)4-3-5-10(12)14/h3-5,8,11H,6-7H2,1-2H3. The fourth-order valence-electron chi connectivity index (χ4n) is 2.32. The van der Waals surface area contributed by atoms with Gasteiger partial charge in [-0.15, -0.1) is 0 Å². The lowest BCUT2D eigenvalue weighted by Crippen LogP contribution is -2.39. The quantitative estimate of drug-likeness (QED) is 0.759. The fourth-order valence-corrected chi connectivity index (χ4v) is 2.32. The maximum absolute atomic E-state index is 13.8. The average molecular weight is 250 g/mol. The molecular formula is C13H15FN2O2. The molecule has 1 saturated heterocycles. The zero-order valence-corrected chi connectivity index (χ0v) is 10.4. The number of carbonyl (C=O) groups excluding carboxylic acids is 2. The summed E-state index contributed by atoms with van der Waals surface area (Å²) in [6.07, 6.45) is 1.25. The molecule has 18 heavy (non-hydrogen) atoms. The Kier molecular flexibility index (Phi) is 3.32. The zero-order valence-electron chi connectivity index (χ0n) is 10.4. The maximum Gasteiger partial charge on any atom is 0.245 e. The van der Waals surface area contributed by atoms with E-state index in [0.29, 0.717) is 19.3 Å². The SMILES string of the molecule is CN1CCC(N(C)c2c(F)cccc2C=O)C1=O. The molecule has 1 aliphatic heterocycles. The Hall–Kier alpha value is -1.91. The second-order valence-corrected chi connectivity index (χ2v) is 4.47. The number of carbonyl (C=O) groups is 2. The first-order chi connectivity index (χ1) is 8.56. The normalized spacial score (nSPS) is 19.2. The van der Waals surface area contributed by atoms with Crippen LogP contribution in [-0.2, 0) is 4.79 Å². The first-order valence-corrected chi connectivity index (χ1v) is 5.77. The molecule has 1 fully saturated rings. The Morgan fingerprint density at radius 2 is 2.22 bits per heavy atom. The Balaban J connectivity index is 2.37. The molecule has 1 aromatic carbocycles. The van der Waals surface area contributed by atoms with E-state index in [0.717, 1.165) is 0 Å². The van der Waals surface area contributed by atoms with Gasteiger partial charge in [0.1, 0.15) is 11.9 Å². The molecule has 5 heteroatoms. The molecule has 2 rings (SSSR count). The van der Waals surface area contributed by atoms with E-state index in [-0.39, 0.29) is 17.2 Å². The van der Waals surface area contributed by atoms with Gasteiger partial charge in [-0.1, -0.05) is 6.07 Å². The van der Waals surface area contributed by atoms with Crippen molar-refractivity contribution in [3.8, 4) is 0 Å². The Bertz CT molecular complexity index is 490. The van der Waals surface area contributed by atoms with Crippen molar-refractivity contribution >= 4 is 17.9 Å². The first-order valence-electron chi connectivity index (χ1n) is 5.77. The number of aldehydes is 1. The molecule has 0 spiro atoms. The van der Waals surface area contributed by atoms with E-state index in [1.54, 1.807) is 30.0 Å². The predicted molar refractivity (Wildman–Crippen MR) is 66.2 cm³/mol. The van der Waals surface area contributed by atoms with E-state index in [1.165, 1.54) is 12.1 Å². The minimum absolute atomic E-state index is 0.0439. The molecular weight excluding hydrogens is 235 g/mol. The highest BCUT2D eigenvalue weighted by molar-refractivity contribution is 5.90. The monoisotopic (exact) mass is 250 g/mol. The van der Waals surface area contributed by atoms with Gasteiger partial charge in [-0.05, 0) is 18.6 Å². The summed E-state index contributed by atoms with van der Waals surface area (Å²) in [7, 11) is 3.37. The molecule has 1 heterocycles. The van der Waals surface area contributed by atoms with Gasteiger partial charge in [0.15, 0.2) is 6.29 Å². The highest BCUT2D eigenvalue weighted by Crippen LogP contribution is 2.27. The van der Waals surface area contributed by atoms with Crippen molar-refractivity contribution in [2.45, 2.75) is 12.5 Å². The molecule has 0 radical (unpaired) electrons. The van der Waals surface area contributed by atoms with E-state index in [9.17, 15) is 14.0 Å². The lowest BCUT2D eigenvalue weighted by Gasteiger charge is -2.26. The predicted octanol–water partition coefficient (Wildman–Crippen LogP) is 1.31. The number of rotatable bonds is 3. The van der Waals surface area contributed by atoms with Crippen LogP contribution in [0.1, 0.15) is 16.8 Å². The van der Waals surface area contributed by atoms with E-state index in [1.807, 2.05) is 0 Å². The third-order valence-electron chi connectivity index (χ3n) is 3.36. The average Bonchev–Trinajstić information content (AvgIpc) is 2.69. The van der Waals surface area contributed by atoms with E-state index in [4.69, 9.17) is 0 Å². The third kappa shape index (κ3) is 1.96. The zero-order chi connectivity index (χ0) is 13.3. The number of amides is 1. The number of para-hydroxylation sites is 1. The summed E-state index contributed by atoms with van der Waals surface area (Å²) in [6.45, 7) is 0.652. The summed E-state index contributed by atoms with van der Waals surface area (Å²) in [5.74, 6) is -0.526. The van der Waals surface area contributed by atoms with Crippen LogP contribution in [0.2, 0.25) is 0 Å². The van der Waals surface area contributed by atoms with Gasteiger partial charge >= 0.3 is 0 Å². The molecule has 1 unspecified atom stereocenters. The lowest BCUT2D eigenvalue weighted by molar-refractivity contribution is -0.127. The maximum atomic E-state index is 13.8. The van der Waals surface area contributed by atoms with Crippen LogP contribution >= 0.6 is 0 Å². The van der Waals surface area contributed by atoms with Gasteiger partial charge in [-0.25, -0.2) is 4.39 Å². The van der Waals surface area contributed by atoms with Crippen LogP contribution in [0.4, 0.5) is 10.1 Å². The molecule has 0 aromatic heterocycles. The number of nitrogens with zero attached hydrogens (tertiary/aromatic N) is 2. The smallest absolute Gasteiger partial charge is 0.245 e. The number of likely N-dealkylation sites (tertiary alicyclic amines) is 1. The minimum Gasteiger partial charge on any atom is -0.360 e. The molecule has 1 aromatic rings. The van der Waals surface area contributed by atoms with Gasteiger partial charge < -0.3 is 9.80 Å². The number of anilines is 1. The van der Waals surface area contributed by atoms with Gasteiger partial charge in [0.05, 0.1) is 5.69 Å². The molecule has 1 aliphatic rings. The minimum atomic E-state index is -0.482. The van der Waals surface area contributed by atoms with Crippen LogP contribution in [-0.4, -0.2) is 43.8 Å². The van der Waals surface area contributed by atoms with E-state index >= 15 is 0 Å². The number of hydrogen-bond acceptors (Lipinski definition) is 3. The van der Waals surface area contributed by atoms with E-state index in [2.05, 4.69) is 0 Å². The lowest BCUT2D eigenvalue weighted by atomic mass is 10.1. The van der Waals surface area contributed by atoms with Crippen molar-refractivity contribution in [3.63, 3.8) is 0 Å². The second-order valence-electron chi connectivity index (χ2n) is 4.47. The summed E-state index contributed by atoms with van der Waals surface area (Å²) in [5.41, 5.74) is 0.459. The first kappa shape index (κ1) is 12.5. The second kappa shape index (κ2) is 4.76. The number of halogens is 1. The van der Waals surface area contributed by atoms with Gasteiger partial charge in [0.25, 0.3) is 0 Å². The van der Waals surface area contributed by atoms with Crippen LogP contribution in [0.5, 0.6) is 0 Å². The fraction of sp³-hybridized carbons (Fsp3) is 0.385. The van der Waals surface area contributed by atoms with Crippen LogP contribution in [0.15, 0.2) is 18.2 Å². The van der Waals surface area contributed by atoms with Crippen molar-refractivity contribution in [1.82, 2.24) is 4.90 Å². The number of likely N-dealkylation sites (N-methyl/N-ethyl adjacent to an activating group) is 2. The number of benzene rings is 1. The van der Waals surface area contributed by atoms with E-state index < -0.39 is 11.9 Å². The highest BCUT2D eigenvalue weighted by atomic mass is 19.1. The van der Waals surface area contributed by atoms with Crippen LogP contribution in [0.25, 0.3) is 0 Å². The van der Waals surface area contributed by atoms with Gasteiger partial charge in [0.2, 0.25) is 5.91 Å². The Morgan fingerprint density at radius 3 is 2.78 bits per heavy atom. The molecule has 1 atom stereocenters. The molecule has 0 saturated carbocycles. The van der Waals surface area contributed by atoms with Gasteiger partial charge in [-0.2, -0.15) is 0 Å².